The zero-order valence-corrected chi connectivity index (χ0v) is 5.22. The maximum atomic E-state index is 9.92. The van der Waals surface area contributed by atoms with Gasteiger partial charge in [0.05, 0.1) is 12.1 Å². The predicted molar refractivity (Wildman–Crippen MR) is 33.1 cm³/mol. The Morgan fingerprint density at radius 1 is 1.89 bits per heavy atom. The molecule has 0 spiro atoms. The molecular formula is C6H8N2O. The molecule has 0 atom stereocenters. The third-order valence-electron chi connectivity index (χ3n) is 1.04. The van der Waals surface area contributed by atoms with E-state index in [1.165, 1.54) is 0 Å². The Hall–Kier alpha value is -1.12. The van der Waals surface area contributed by atoms with Crippen molar-refractivity contribution in [1.29, 1.82) is 0 Å². The first kappa shape index (κ1) is 6.01. The first-order valence-corrected chi connectivity index (χ1v) is 2.77. The lowest BCUT2D eigenvalue weighted by Gasteiger charge is -1.80. The third kappa shape index (κ3) is 1.38. The molecule has 0 radical (unpaired) electrons. The molecule has 1 aromatic heterocycles. The number of rotatable bonds is 2. The van der Waals surface area contributed by atoms with Crippen LogP contribution in [0.1, 0.15) is 11.5 Å². The normalized spacial score (nSPS) is 9.44. The largest absolute Gasteiger partial charge is 0.348 e. The summed E-state index contributed by atoms with van der Waals surface area (Å²) in [5, 5.41) is 0. The zero-order chi connectivity index (χ0) is 6.69. The fraction of sp³-hybridized carbons (Fsp3) is 0.333. The van der Waals surface area contributed by atoms with Gasteiger partial charge in [0.1, 0.15) is 12.1 Å². The van der Waals surface area contributed by atoms with E-state index in [0.717, 1.165) is 17.8 Å². The lowest BCUT2D eigenvalue weighted by Crippen LogP contribution is -1.87. The summed E-state index contributed by atoms with van der Waals surface area (Å²) >= 11 is 0. The van der Waals surface area contributed by atoms with Crippen LogP contribution in [0.15, 0.2) is 6.20 Å². The highest BCUT2D eigenvalue weighted by Crippen LogP contribution is 1.92. The minimum atomic E-state index is 0.383. The van der Waals surface area contributed by atoms with Crippen molar-refractivity contribution in [1.82, 2.24) is 9.97 Å². The molecule has 3 heteroatoms. The van der Waals surface area contributed by atoms with Crippen LogP contribution >= 0.6 is 0 Å². The van der Waals surface area contributed by atoms with Crippen molar-refractivity contribution in [3.8, 4) is 0 Å². The number of nitrogens with one attached hydrogen (secondary N) is 1. The Labute approximate surface area is 53.1 Å². The van der Waals surface area contributed by atoms with Crippen molar-refractivity contribution in [3.63, 3.8) is 0 Å². The van der Waals surface area contributed by atoms with Gasteiger partial charge in [-0.2, -0.15) is 0 Å². The third-order valence-corrected chi connectivity index (χ3v) is 1.04. The molecule has 0 aromatic carbocycles. The fourth-order valence-corrected chi connectivity index (χ4v) is 0.649. The van der Waals surface area contributed by atoms with Gasteiger partial charge in [-0.15, -0.1) is 0 Å². The van der Waals surface area contributed by atoms with Crippen LogP contribution in [-0.4, -0.2) is 16.3 Å². The van der Waals surface area contributed by atoms with E-state index >= 15 is 0 Å². The molecule has 0 aliphatic rings. The molecule has 0 fully saturated rings. The first-order valence-electron chi connectivity index (χ1n) is 2.77. The van der Waals surface area contributed by atoms with Gasteiger partial charge in [-0.25, -0.2) is 4.98 Å². The number of aromatic nitrogens is 2. The summed E-state index contributed by atoms with van der Waals surface area (Å²) in [6.07, 6.45) is 2.99. The number of aldehydes is 1. The summed E-state index contributed by atoms with van der Waals surface area (Å²) in [5.74, 6) is 0.738. The van der Waals surface area contributed by atoms with Crippen LogP contribution in [0.2, 0.25) is 0 Å². The van der Waals surface area contributed by atoms with E-state index in [1.807, 2.05) is 6.92 Å². The smallest absolute Gasteiger partial charge is 0.127 e. The van der Waals surface area contributed by atoms with Gasteiger partial charge >= 0.3 is 0 Å². The van der Waals surface area contributed by atoms with Gasteiger partial charge in [0, 0.05) is 6.20 Å². The first-order chi connectivity index (χ1) is 4.33. The zero-order valence-electron chi connectivity index (χ0n) is 5.22. The molecule has 1 heterocycles. The number of carbonyl (C=O) groups is 1. The average molecular weight is 124 g/mol. The maximum Gasteiger partial charge on any atom is 0.127 e. The van der Waals surface area contributed by atoms with Crippen LogP contribution in [0.4, 0.5) is 0 Å². The summed E-state index contributed by atoms with van der Waals surface area (Å²) in [6.45, 7) is 1.88. The SMILES string of the molecule is Cc1c[nH]c(CC=O)n1. The Morgan fingerprint density at radius 3 is 3.11 bits per heavy atom. The van der Waals surface area contributed by atoms with Gasteiger partial charge in [0.15, 0.2) is 0 Å². The highest BCUT2D eigenvalue weighted by molar-refractivity contribution is 5.52. The molecule has 0 amide bonds. The summed E-state index contributed by atoms with van der Waals surface area (Å²) in [7, 11) is 0. The van der Waals surface area contributed by atoms with Crippen molar-refractivity contribution in [2.45, 2.75) is 13.3 Å². The van der Waals surface area contributed by atoms with Crippen molar-refractivity contribution < 1.29 is 4.79 Å². The topological polar surface area (TPSA) is 45.8 Å². The van der Waals surface area contributed by atoms with Crippen molar-refractivity contribution in [2.24, 2.45) is 0 Å². The minimum Gasteiger partial charge on any atom is -0.348 e. The van der Waals surface area contributed by atoms with Gasteiger partial charge in [0.25, 0.3) is 0 Å². The van der Waals surface area contributed by atoms with E-state index in [4.69, 9.17) is 0 Å². The van der Waals surface area contributed by atoms with Gasteiger partial charge in [0.2, 0.25) is 0 Å². The number of nitrogens with zero attached hydrogens (tertiary/aromatic N) is 1. The summed E-state index contributed by atoms with van der Waals surface area (Å²) in [4.78, 5) is 16.8. The maximum absolute atomic E-state index is 9.92. The van der Waals surface area contributed by atoms with Crippen LogP contribution in [0, 0.1) is 6.92 Å². The van der Waals surface area contributed by atoms with Gasteiger partial charge in [-0.3, -0.25) is 0 Å². The highest BCUT2D eigenvalue weighted by Gasteiger charge is 1.93. The predicted octanol–water partition coefficient (Wildman–Crippen LogP) is 0.460. The minimum absolute atomic E-state index is 0.383. The molecule has 0 aliphatic heterocycles. The molecule has 1 aromatic rings. The second kappa shape index (κ2) is 2.44. The Bertz CT molecular complexity index is 205. The number of hydrogen-bond donors (Lipinski definition) is 1. The molecule has 1 N–H and O–H groups in total. The number of carbonyl (C=O) groups excluding carboxylic acids is 1. The summed E-state index contributed by atoms with van der Waals surface area (Å²) in [6, 6.07) is 0. The molecule has 3 nitrogen and oxygen atoms in total. The van der Waals surface area contributed by atoms with Gasteiger partial charge in [-0.05, 0) is 6.92 Å². The van der Waals surface area contributed by atoms with E-state index < -0.39 is 0 Å². The van der Waals surface area contributed by atoms with E-state index in [1.54, 1.807) is 6.20 Å². The quantitative estimate of drug-likeness (QED) is 0.582. The second-order valence-electron chi connectivity index (χ2n) is 1.86. The molecule has 0 saturated heterocycles. The van der Waals surface area contributed by atoms with Crippen LogP contribution in [0.25, 0.3) is 0 Å². The Kier molecular flexibility index (Phi) is 1.63. The lowest BCUT2D eigenvalue weighted by molar-refractivity contribution is -0.107. The molecule has 0 bridgehead atoms. The van der Waals surface area contributed by atoms with Gasteiger partial charge < -0.3 is 9.78 Å². The monoisotopic (exact) mass is 124 g/mol. The Balaban J connectivity index is 2.72. The second-order valence-corrected chi connectivity index (χ2v) is 1.86. The molecule has 48 valence electrons. The Morgan fingerprint density at radius 2 is 2.67 bits per heavy atom. The fourth-order valence-electron chi connectivity index (χ4n) is 0.649. The van der Waals surface area contributed by atoms with Crippen LogP contribution in [0.5, 0.6) is 0 Å². The molecule has 0 unspecified atom stereocenters. The summed E-state index contributed by atoms with van der Waals surface area (Å²) in [5.41, 5.74) is 0.923. The number of hydrogen-bond acceptors (Lipinski definition) is 2. The molecule has 9 heavy (non-hydrogen) atoms. The van der Waals surface area contributed by atoms with E-state index in [-0.39, 0.29) is 0 Å². The number of imidazole rings is 1. The van der Waals surface area contributed by atoms with Crippen molar-refractivity contribution in [2.75, 3.05) is 0 Å². The van der Waals surface area contributed by atoms with Crippen LogP contribution in [-0.2, 0) is 11.2 Å². The number of aryl methyl sites for hydroxylation is 1. The standard InChI is InChI=1S/C6H8N2O/c1-5-4-7-6(8-5)2-3-9/h3-4H,2H2,1H3,(H,7,8). The highest BCUT2D eigenvalue weighted by atomic mass is 16.1. The van der Waals surface area contributed by atoms with Crippen LogP contribution in [0.3, 0.4) is 0 Å². The van der Waals surface area contributed by atoms with Crippen molar-refractivity contribution in [3.05, 3.63) is 17.7 Å². The van der Waals surface area contributed by atoms with Gasteiger partial charge in [-0.1, -0.05) is 0 Å². The lowest BCUT2D eigenvalue weighted by atomic mass is 10.5. The number of H-pyrrole nitrogens is 1. The van der Waals surface area contributed by atoms with E-state index in [9.17, 15) is 4.79 Å². The molecule has 1 rings (SSSR count). The van der Waals surface area contributed by atoms with Crippen LogP contribution < -0.4 is 0 Å². The van der Waals surface area contributed by atoms with Crippen molar-refractivity contribution >= 4 is 6.29 Å². The molecule has 0 aliphatic carbocycles. The van der Waals surface area contributed by atoms with E-state index in [0.29, 0.717) is 6.42 Å². The average Bonchev–Trinajstić information content (AvgIpc) is 2.17. The summed E-state index contributed by atoms with van der Waals surface area (Å²) < 4.78 is 0. The molecule has 0 saturated carbocycles. The van der Waals surface area contributed by atoms with E-state index in [2.05, 4.69) is 9.97 Å². The molecular weight excluding hydrogens is 116 g/mol. The number of aromatic amines is 1.